The Morgan fingerprint density at radius 1 is 1.37 bits per heavy atom. The molecule has 1 aromatic carbocycles. The van der Waals surface area contributed by atoms with Crippen molar-refractivity contribution in [2.24, 2.45) is 0 Å². The molecule has 0 radical (unpaired) electrons. The Balaban J connectivity index is 1.73. The molecule has 0 bridgehead atoms. The van der Waals surface area contributed by atoms with Gasteiger partial charge in [-0.1, -0.05) is 17.7 Å². The molecule has 0 aliphatic rings. The molecule has 27 heavy (non-hydrogen) atoms. The predicted octanol–water partition coefficient (Wildman–Crippen LogP) is 2.98. The molecule has 9 heteroatoms. The fraction of sp³-hybridized carbons (Fsp3) is 0.278. The van der Waals surface area contributed by atoms with Gasteiger partial charge in [0.15, 0.2) is 5.69 Å². The molecule has 3 rings (SSSR count). The molecule has 0 aliphatic carbocycles. The Morgan fingerprint density at radius 3 is 2.89 bits per heavy atom. The summed E-state index contributed by atoms with van der Waals surface area (Å²) in [6.07, 6.45) is 5.97. The lowest BCUT2D eigenvalue weighted by Crippen LogP contribution is -2.15. The second kappa shape index (κ2) is 8.24. The fourth-order valence-electron chi connectivity index (χ4n) is 2.56. The lowest BCUT2D eigenvalue weighted by atomic mass is 10.1. The first-order chi connectivity index (χ1) is 12.9. The second-order valence-electron chi connectivity index (χ2n) is 6.37. The van der Waals surface area contributed by atoms with Crippen molar-refractivity contribution in [1.29, 1.82) is 0 Å². The Morgan fingerprint density at radius 2 is 2.19 bits per heavy atom. The monoisotopic (exact) mass is 388 g/mol. The molecule has 3 aromatic rings. The van der Waals surface area contributed by atoms with Crippen molar-refractivity contribution in [2.45, 2.75) is 13.0 Å². The molecule has 0 spiro atoms. The van der Waals surface area contributed by atoms with E-state index in [9.17, 15) is 4.79 Å². The number of nitrogens with zero attached hydrogens (tertiary/aromatic N) is 4. The highest BCUT2D eigenvalue weighted by molar-refractivity contribution is 6.34. The van der Waals surface area contributed by atoms with Gasteiger partial charge >= 0.3 is 0 Å². The number of amides is 1. The Hall–Kier alpha value is -2.84. The number of carbonyl (C=O) groups excluding carboxylic acids is 1. The lowest BCUT2D eigenvalue weighted by molar-refractivity contribution is 0.102. The van der Waals surface area contributed by atoms with Gasteiger partial charge in [0.25, 0.3) is 11.9 Å². The van der Waals surface area contributed by atoms with Gasteiger partial charge in [0.2, 0.25) is 0 Å². The maximum absolute atomic E-state index is 12.2. The number of hydrogen-bond donors (Lipinski definition) is 2. The van der Waals surface area contributed by atoms with Crippen LogP contribution < -0.4 is 11.1 Å². The third-order valence-corrected chi connectivity index (χ3v) is 4.26. The molecule has 0 saturated carbocycles. The van der Waals surface area contributed by atoms with Crippen LogP contribution in [0, 0.1) is 0 Å². The van der Waals surface area contributed by atoms with Crippen molar-refractivity contribution in [2.75, 3.05) is 31.7 Å². The van der Waals surface area contributed by atoms with E-state index in [1.54, 1.807) is 18.3 Å². The molecular weight excluding hydrogens is 368 g/mol. The van der Waals surface area contributed by atoms with Crippen LogP contribution in [-0.4, -0.2) is 46.2 Å². The number of aromatic nitrogens is 3. The van der Waals surface area contributed by atoms with E-state index in [1.165, 1.54) is 6.26 Å². The molecule has 2 aromatic heterocycles. The summed E-state index contributed by atoms with van der Waals surface area (Å²) in [5, 5.41) is 7.53. The molecule has 0 atom stereocenters. The summed E-state index contributed by atoms with van der Waals surface area (Å²) < 4.78 is 6.76. The standard InChI is InChI=1S/C18H21ClN6O2/c1-24(2)6-3-7-25-10-13(9-21-25)12-4-5-14(19)15(8-12)22-17(26)16-11-27-18(20)23-16/h4-5,8-11H,3,6-7H2,1-2H3,(H2,20,23)(H,22,26). The summed E-state index contributed by atoms with van der Waals surface area (Å²) in [6.45, 7) is 1.84. The van der Waals surface area contributed by atoms with Crippen LogP contribution in [0.4, 0.5) is 11.7 Å². The molecule has 2 heterocycles. The number of aryl methyl sites for hydroxylation is 1. The minimum absolute atomic E-state index is 0.0679. The molecule has 0 saturated heterocycles. The zero-order valence-electron chi connectivity index (χ0n) is 15.1. The molecule has 1 amide bonds. The van der Waals surface area contributed by atoms with Gasteiger partial charge in [0.1, 0.15) is 6.26 Å². The Labute approximate surface area is 161 Å². The number of hydrogen-bond acceptors (Lipinski definition) is 6. The minimum atomic E-state index is -0.450. The van der Waals surface area contributed by atoms with E-state index < -0.39 is 5.91 Å². The van der Waals surface area contributed by atoms with Crippen molar-refractivity contribution >= 4 is 29.2 Å². The lowest BCUT2D eigenvalue weighted by Gasteiger charge is -2.09. The van der Waals surface area contributed by atoms with E-state index in [1.807, 2.05) is 31.0 Å². The van der Waals surface area contributed by atoms with Gasteiger partial charge in [-0.3, -0.25) is 9.48 Å². The smallest absolute Gasteiger partial charge is 0.292 e. The van der Waals surface area contributed by atoms with Crippen LogP contribution >= 0.6 is 11.6 Å². The van der Waals surface area contributed by atoms with E-state index in [2.05, 4.69) is 20.3 Å². The number of anilines is 2. The minimum Gasteiger partial charge on any atom is -0.431 e. The third kappa shape index (κ3) is 4.87. The zero-order valence-corrected chi connectivity index (χ0v) is 15.9. The van der Waals surface area contributed by atoms with E-state index in [0.29, 0.717) is 10.7 Å². The zero-order chi connectivity index (χ0) is 19.4. The molecule has 0 unspecified atom stereocenters. The quantitative estimate of drug-likeness (QED) is 0.645. The highest BCUT2D eigenvalue weighted by Gasteiger charge is 2.14. The molecule has 0 fully saturated rings. The first-order valence-electron chi connectivity index (χ1n) is 8.42. The average molecular weight is 389 g/mol. The van der Waals surface area contributed by atoms with Gasteiger partial charge in [-0.05, 0) is 44.8 Å². The van der Waals surface area contributed by atoms with E-state index in [-0.39, 0.29) is 11.7 Å². The average Bonchev–Trinajstić information content (AvgIpc) is 3.26. The van der Waals surface area contributed by atoms with Crippen molar-refractivity contribution in [3.05, 3.63) is 47.6 Å². The van der Waals surface area contributed by atoms with Crippen LogP contribution in [0.15, 0.2) is 41.3 Å². The number of oxazole rings is 1. The van der Waals surface area contributed by atoms with E-state index in [0.717, 1.165) is 30.6 Å². The highest BCUT2D eigenvalue weighted by Crippen LogP contribution is 2.29. The molecular formula is C18H21ClN6O2. The topological polar surface area (TPSA) is 102 Å². The van der Waals surface area contributed by atoms with Crippen LogP contribution in [0.3, 0.4) is 0 Å². The molecule has 3 N–H and O–H groups in total. The first kappa shape index (κ1) is 18.9. The van der Waals surface area contributed by atoms with Crippen LogP contribution in [0.5, 0.6) is 0 Å². The number of nitrogens with two attached hydrogens (primary N) is 1. The number of halogens is 1. The van der Waals surface area contributed by atoms with Gasteiger partial charge in [-0.2, -0.15) is 10.1 Å². The number of rotatable bonds is 7. The summed E-state index contributed by atoms with van der Waals surface area (Å²) in [5.41, 5.74) is 7.80. The van der Waals surface area contributed by atoms with E-state index in [4.69, 9.17) is 21.8 Å². The van der Waals surface area contributed by atoms with Gasteiger partial charge in [0, 0.05) is 18.3 Å². The summed E-state index contributed by atoms with van der Waals surface area (Å²) in [7, 11) is 4.09. The van der Waals surface area contributed by atoms with Crippen LogP contribution in [0.25, 0.3) is 11.1 Å². The van der Waals surface area contributed by atoms with Crippen molar-refractivity contribution in [1.82, 2.24) is 19.7 Å². The van der Waals surface area contributed by atoms with Gasteiger partial charge in [-0.15, -0.1) is 0 Å². The molecule has 8 nitrogen and oxygen atoms in total. The van der Waals surface area contributed by atoms with Crippen molar-refractivity contribution in [3.8, 4) is 11.1 Å². The molecule has 0 aliphatic heterocycles. The maximum Gasteiger partial charge on any atom is 0.292 e. The third-order valence-electron chi connectivity index (χ3n) is 3.93. The number of carbonyl (C=O) groups is 1. The first-order valence-corrected chi connectivity index (χ1v) is 8.79. The summed E-state index contributed by atoms with van der Waals surface area (Å²) in [4.78, 5) is 18.2. The van der Waals surface area contributed by atoms with Gasteiger partial charge in [0.05, 0.1) is 16.9 Å². The summed E-state index contributed by atoms with van der Waals surface area (Å²) >= 11 is 6.22. The predicted molar refractivity (Wildman–Crippen MR) is 105 cm³/mol. The Kier molecular flexibility index (Phi) is 5.78. The molecule has 142 valence electrons. The number of nitrogen functional groups attached to an aromatic ring is 1. The maximum atomic E-state index is 12.2. The largest absolute Gasteiger partial charge is 0.431 e. The highest BCUT2D eigenvalue weighted by atomic mass is 35.5. The number of nitrogens with one attached hydrogen (secondary N) is 1. The second-order valence-corrected chi connectivity index (χ2v) is 6.78. The van der Waals surface area contributed by atoms with Crippen LogP contribution in [0.1, 0.15) is 16.9 Å². The fourth-order valence-corrected chi connectivity index (χ4v) is 2.73. The normalized spacial score (nSPS) is 11.1. The van der Waals surface area contributed by atoms with Crippen LogP contribution in [-0.2, 0) is 6.54 Å². The van der Waals surface area contributed by atoms with Crippen LogP contribution in [0.2, 0.25) is 5.02 Å². The van der Waals surface area contributed by atoms with Gasteiger partial charge in [-0.25, -0.2) is 0 Å². The summed E-state index contributed by atoms with van der Waals surface area (Å²) in [5.74, 6) is -0.450. The van der Waals surface area contributed by atoms with Gasteiger partial charge < -0.3 is 20.4 Å². The van der Waals surface area contributed by atoms with Crippen molar-refractivity contribution < 1.29 is 9.21 Å². The van der Waals surface area contributed by atoms with Crippen molar-refractivity contribution in [3.63, 3.8) is 0 Å². The number of benzene rings is 1. The SMILES string of the molecule is CN(C)CCCn1cc(-c2ccc(Cl)c(NC(=O)c3coc(N)n3)c2)cn1. The summed E-state index contributed by atoms with van der Waals surface area (Å²) in [6, 6.07) is 5.34. The van der Waals surface area contributed by atoms with E-state index >= 15 is 0 Å². The Bertz CT molecular complexity index is 934.